The number of ether oxygens (including phenoxy) is 1. The monoisotopic (exact) mass is 424 g/mol. The molecule has 31 heavy (non-hydrogen) atoms. The zero-order valence-electron chi connectivity index (χ0n) is 19.2. The fourth-order valence-electron chi connectivity index (χ4n) is 4.24. The van der Waals surface area contributed by atoms with E-state index >= 15 is 0 Å². The van der Waals surface area contributed by atoms with Gasteiger partial charge in [-0.15, -0.1) is 0 Å². The lowest BCUT2D eigenvalue weighted by molar-refractivity contribution is -0.124. The molecule has 2 aliphatic heterocycles. The zero-order chi connectivity index (χ0) is 22.1. The molecule has 0 radical (unpaired) electrons. The quantitative estimate of drug-likeness (QED) is 0.534. The summed E-state index contributed by atoms with van der Waals surface area (Å²) in [5, 5.41) is 0. The third-order valence-corrected chi connectivity index (χ3v) is 6.00. The summed E-state index contributed by atoms with van der Waals surface area (Å²) in [5.41, 5.74) is 2.09. The van der Waals surface area contributed by atoms with Crippen LogP contribution in [-0.2, 0) is 9.53 Å². The normalized spacial score (nSPS) is 19.0. The van der Waals surface area contributed by atoms with E-state index in [9.17, 15) is 4.79 Å². The van der Waals surface area contributed by atoms with E-state index in [4.69, 9.17) is 4.74 Å². The van der Waals surface area contributed by atoms with Crippen molar-refractivity contribution < 1.29 is 9.53 Å². The summed E-state index contributed by atoms with van der Waals surface area (Å²) in [5.74, 6) is 2.10. The van der Waals surface area contributed by atoms with E-state index in [1.807, 2.05) is 36.4 Å². The summed E-state index contributed by atoms with van der Waals surface area (Å²) in [4.78, 5) is 25.9. The van der Waals surface area contributed by atoms with Crippen molar-refractivity contribution in [2.75, 3.05) is 26.2 Å². The number of piperidine rings is 1. The fraction of sp³-hybridized carbons (Fsp3) is 0.560. The SMILES string of the molecule is CCC/C(C)=C\C1=CC(=O)N(CCCCN2CCC(c3ncccn3)CC2)C(C)=CO1. The van der Waals surface area contributed by atoms with Crippen molar-refractivity contribution in [3.8, 4) is 0 Å². The molecule has 0 saturated carbocycles. The second-order valence-corrected chi connectivity index (χ2v) is 8.58. The molecule has 0 spiro atoms. The van der Waals surface area contributed by atoms with Gasteiger partial charge < -0.3 is 14.5 Å². The van der Waals surface area contributed by atoms with Crippen molar-refractivity contribution >= 4 is 5.91 Å². The predicted molar refractivity (Wildman–Crippen MR) is 123 cm³/mol. The lowest BCUT2D eigenvalue weighted by Crippen LogP contribution is -2.34. The highest BCUT2D eigenvalue weighted by molar-refractivity contribution is 5.90. The molecule has 0 unspecified atom stereocenters. The van der Waals surface area contributed by atoms with Crippen LogP contribution in [0.25, 0.3) is 0 Å². The van der Waals surface area contributed by atoms with Gasteiger partial charge in [-0.05, 0) is 77.7 Å². The summed E-state index contributed by atoms with van der Waals surface area (Å²) >= 11 is 0. The second-order valence-electron chi connectivity index (χ2n) is 8.58. The molecule has 3 rings (SSSR count). The first-order valence-electron chi connectivity index (χ1n) is 11.6. The molecule has 6 heteroatoms. The third kappa shape index (κ3) is 7.03. The third-order valence-electron chi connectivity index (χ3n) is 6.00. The van der Waals surface area contributed by atoms with Crippen molar-refractivity contribution in [3.63, 3.8) is 0 Å². The highest BCUT2D eigenvalue weighted by Gasteiger charge is 2.22. The highest BCUT2D eigenvalue weighted by atomic mass is 16.5. The highest BCUT2D eigenvalue weighted by Crippen LogP contribution is 2.25. The molecular formula is C25H36N4O2. The lowest BCUT2D eigenvalue weighted by Gasteiger charge is -2.31. The maximum atomic E-state index is 12.7. The van der Waals surface area contributed by atoms with Crippen LogP contribution in [0.3, 0.4) is 0 Å². The molecule has 1 amide bonds. The first-order valence-corrected chi connectivity index (χ1v) is 11.6. The molecular weight excluding hydrogens is 388 g/mol. The molecule has 0 N–H and O–H groups in total. The van der Waals surface area contributed by atoms with Gasteiger partial charge in [0.2, 0.25) is 0 Å². The van der Waals surface area contributed by atoms with Gasteiger partial charge in [-0.25, -0.2) is 9.97 Å². The Kier molecular flexibility index (Phi) is 8.83. The molecule has 0 aliphatic carbocycles. The first-order chi connectivity index (χ1) is 15.1. The summed E-state index contributed by atoms with van der Waals surface area (Å²) in [7, 11) is 0. The van der Waals surface area contributed by atoms with E-state index in [1.165, 1.54) is 5.57 Å². The van der Waals surface area contributed by atoms with Crippen molar-refractivity contribution in [2.24, 2.45) is 0 Å². The number of unbranched alkanes of at least 4 members (excludes halogenated alkanes) is 1. The molecule has 0 bridgehead atoms. The Morgan fingerprint density at radius 1 is 1.19 bits per heavy atom. The van der Waals surface area contributed by atoms with Gasteiger partial charge in [0.15, 0.2) is 0 Å². The minimum Gasteiger partial charge on any atom is -0.463 e. The van der Waals surface area contributed by atoms with Gasteiger partial charge in [-0.1, -0.05) is 18.9 Å². The van der Waals surface area contributed by atoms with E-state index in [0.29, 0.717) is 11.7 Å². The number of likely N-dealkylation sites (tertiary alicyclic amines) is 1. The maximum absolute atomic E-state index is 12.7. The number of carbonyl (C=O) groups excluding carboxylic acids is 1. The molecule has 1 fully saturated rings. The van der Waals surface area contributed by atoms with Crippen molar-refractivity contribution in [1.29, 1.82) is 0 Å². The van der Waals surface area contributed by atoms with E-state index in [0.717, 1.165) is 76.2 Å². The topological polar surface area (TPSA) is 58.6 Å². The van der Waals surface area contributed by atoms with Crippen LogP contribution in [-0.4, -0.2) is 51.9 Å². The van der Waals surface area contributed by atoms with E-state index in [-0.39, 0.29) is 5.91 Å². The summed E-state index contributed by atoms with van der Waals surface area (Å²) < 4.78 is 5.72. The molecule has 0 aromatic carbocycles. The molecule has 168 valence electrons. The van der Waals surface area contributed by atoms with Gasteiger partial charge in [0.1, 0.15) is 17.8 Å². The largest absolute Gasteiger partial charge is 0.463 e. The summed E-state index contributed by atoms with van der Waals surface area (Å²) in [6.07, 6.45) is 15.3. The Morgan fingerprint density at radius 3 is 2.61 bits per heavy atom. The van der Waals surface area contributed by atoms with Crippen LogP contribution in [0.5, 0.6) is 0 Å². The Balaban J connectivity index is 1.41. The molecule has 2 aliphatic rings. The Labute approximate surface area is 186 Å². The minimum atomic E-state index is 0.00507. The Hall–Kier alpha value is -2.47. The van der Waals surface area contributed by atoms with Gasteiger partial charge in [0.05, 0.1) is 5.70 Å². The van der Waals surface area contributed by atoms with Crippen LogP contribution in [0.1, 0.15) is 71.0 Å². The number of allylic oxidation sites excluding steroid dienone is 3. The van der Waals surface area contributed by atoms with Gasteiger partial charge in [0, 0.05) is 30.9 Å². The number of carbonyl (C=O) groups is 1. The molecule has 0 atom stereocenters. The van der Waals surface area contributed by atoms with Crippen molar-refractivity contribution in [1.82, 2.24) is 19.8 Å². The van der Waals surface area contributed by atoms with Gasteiger partial charge in [0.25, 0.3) is 5.91 Å². The van der Waals surface area contributed by atoms with E-state index < -0.39 is 0 Å². The number of hydrogen-bond acceptors (Lipinski definition) is 5. The zero-order valence-corrected chi connectivity index (χ0v) is 19.2. The smallest absolute Gasteiger partial charge is 0.254 e. The molecule has 1 aromatic rings. The van der Waals surface area contributed by atoms with Crippen molar-refractivity contribution in [3.05, 3.63) is 59.7 Å². The van der Waals surface area contributed by atoms with Crippen LogP contribution in [0, 0.1) is 0 Å². The second kappa shape index (κ2) is 11.8. The molecule has 1 saturated heterocycles. The maximum Gasteiger partial charge on any atom is 0.254 e. The molecule has 1 aromatic heterocycles. The lowest BCUT2D eigenvalue weighted by atomic mass is 9.96. The van der Waals surface area contributed by atoms with Crippen LogP contribution in [0.15, 0.2) is 53.9 Å². The van der Waals surface area contributed by atoms with Gasteiger partial charge >= 0.3 is 0 Å². The van der Waals surface area contributed by atoms with Crippen molar-refractivity contribution in [2.45, 2.75) is 65.2 Å². The number of aromatic nitrogens is 2. The predicted octanol–water partition coefficient (Wildman–Crippen LogP) is 4.79. The number of nitrogens with zero attached hydrogens (tertiary/aromatic N) is 4. The molecule has 6 nitrogen and oxygen atoms in total. The number of rotatable bonds is 9. The average Bonchev–Trinajstić information content (AvgIpc) is 2.90. The van der Waals surface area contributed by atoms with Gasteiger partial charge in [-0.3, -0.25) is 4.79 Å². The number of amides is 1. The first kappa shape index (κ1) is 23.2. The minimum absolute atomic E-state index is 0.00507. The van der Waals surface area contributed by atoms with Crippen LogP contribution in [0.4, 0.5) is 0 Å². The summed E-state index contributed by atoms with van der Waals surface area (Å²) in [6, 6.07) is 1.87. The van der Waals surface area contributed by atoms with Crippen LogP contribution in [0.2, 0.25) is 0 Å². The Bertz CT molecular complexity index is 808. The standard InChI is InChI=1S/C25H36N4O2/c1-4-8-20(2)17-23-18-24(30)29(21(3)19-31-23)14-6-5-13-28-15-9-22(10-16-28)25-26-11-7-12-27-25/h7,11-12,17-19,22H,4-6,8-10,13-16H2,1-3H3/b20-17-. The van der Waals surface area contributed by atoms with E-state index in [1.54, 1.807) is 12.3 Å². The average molecular weight is 425 g/mol. The molecule has 3 heterocycles. The Morgan fingerprint density at radius 2 is 1.90 bits per heavy atom. The number of hydrogen-bond donors (Lipinski definition) is 0. The van der Waals surface area contributed by atoms with Crippen LogP contribution >= 0.6 is 0 Å². The van der Waals surface area contributed by atoms with E-state index in [2.05, 4.69) is 28.7 Å². The summed E-state index contributed by atoms with van der Waals surface area (Å²) in [6.45, 7) is 10.1. The van der Waals surface area contributed by atoms with Crippen LogP contribution < -0.4 is 0 Å². The van der Waals surface area contributed by atoms with Gasteiger partial charge in [-0.2, -0.15) is 0 Å². The fourth-order valence-corrected chi connectivity index (χ4v) is 4.24.